The molecule has 0 saturated carbocycles. The molecule has 0 atom stereocenters. The minimum Gasteiger partial charge on any atom is -0.337 e. The lowest BCUT2D eigenvalue weighted by molar-refractivity contribution is 0.0756. The second kappa shape index (κ2) is 7.69. The van der Waals surface area contributed by atoms with E-state index in [0.29, 0.717) is 19.2 Å². The predicted octanol–water partition coefficient (Wildman–Crippen LogP) is 3.69. The van der Waals surface area contributed by atoms with E-state index in [2.05, 4.69) is 10.3 Å². The fraction of sp³-hybridized carbons (Fsp3) is 0.353. The topological polar surface area (TPSA) is 62.3 Å². The van der Waals surface area contributed by atoms with Crippen LogP contribution >= 0.6 is 11.3 Å². The maximum Gasteiger partial charge on any atom is 0.273 e. The molecule has 0 bridgehead atoms. The second-order valence-corrected chi connectivity index (χ2v) is 6.71. The zero-order chi connectivity index (χ0) is 17.8. The van der Waals surface area contributed by atoms with Crippen LogP contribution < -0.4 is 5.32 Å². The highest BCUT2D eigenvalue weighted by atomic mass is 32.1. The van der Waals surface area contributed by atoms with E-state index < -0.39 is 17.5 Å². The molecule has 2 amide bonds. The summed E-state index contributed by atoms with van der Waals surface area (Å²) in [7, 11) is 0. The number of carbonyl (C=O) groups excluding carboxylic acids is 2. The first-order valence-electron chi connectivity index (χ1n) is 8.05. The molecule has 1 aromatic carbocycles. The third-order valence-corrected chi connectivity index (χ3v) is 4.72. The van der Waals surface area contributed by atoms with Gasteiger partial charge in [-0.15, -0.1) is 11.3 Å². The molecule has 1 aromatic heterocycles. The molecule has 25 heavy (non-hydrogen) atoms. The monoisotopic (exact) mass is 365 g/mol. The summed E-state index contributed by atoms with van der Waals surface area (Å²) >= 11 is 1.10. The van der Waals surface area contributed by atoms with Crippen LogP contribution in [0.3, 0.4) is 0 Å². The molecule has 1 aliphatic rings. The molecule has 2 heterocycles. The number of hydrogen-bond acceptors (Lipinski definition) is 4. The van der Waals surface area contributed by atoms with Gasteiger partial charge in [-0.3, -0.25) is 14.9 Å². The quantitative estimate of drug-likeness (QED) is 0.902. The first-order valence-corrected chi connectivity index (χ1v) is 8.93. The molecule has 2 aromatic rings. The highest BCUT2D eigenvalue weighted by molar-refractivity contribution is 7.14. The van der Waals surface area contributed by atoms with Gasteiger partial charge in [-0.1, -0.05) is 12.8 Å². The average molecular weight is 365 g/mol. The summed E-state index contributed by atoms with van der Waals surface area (Å²) in [6.07, 6.45) is 4.19. The Morgan fingerprint density at radius 3 is 2.32 bits per heavy atom. The van der Waals surface area contributed by atoms with Crippen molar-refractivity contribution in [2.24, 2.45) is 0 Å². The molecule has 132 valence electrons. The van der Waals surface area contributed by atoms with Crippen molar-refractivity contribution in [3.63, 3.8) is 0 Å². The Labute approximate surface area is 147 Å². The minimum atomic E-state index is -0.832. The first kappa shape index (κ1) is 17.5. The molecular formula is C17H17F2N3O2S. The number of anilines is 1. The third kappa shape index (κ3) is 4.39. The number of nitrogens with zero attached hydrogens (tertiary/aromatic N) is 2. The summed E-state index contributed by atoms with van der Waals surface area (Å²) in [5, 5.41) is 4.26. The van der Waals surface area contributed by atoms with E-state index in [1.54, 1.807) is 10.3 Å². The number of rotatable bonds is 3. The van der Waals surface area contributed by atoms with Crippen LogP contribution in [0, 0.1) is 11.6 Å². The summed E-state index contributed by atoms with van der Waals surface area (Å²) in [6.45, 7) is 1.42. The van der Waals surface area contributed by atoms with Crippen LogP contribution in [0.2, 0.25) is 0 Å². The average Bonchev–Trinajstić information content (AvgIpc) is 2.86. The van der Waals surface area contributed by atoms with Gasteiger partial charge in [-0.05, 0) is 25.0 Å². The van der Waals surface area contributed by atoms with Crippen molar-refractivity contribution in [3.05, 3.63) is 46.5 Å². The zero-order valence-electron chi connectivity index (χ0n) is 13.4. The molecular weight excluding hydrogens is 348 g/mol. The van der Waals surface area contributed by atoms with E-state index in [-0.39, 0.29) is 22.3 Å². The van der Waals surface area contributed by atoms with Crippen LogP contribution in [0.1, 0.15) is 46.5 Å². The van der Waals surface area contributed by atoms with Crippen LogP contribution in [0.25, 0.3) is 0 Å². The van der Waals surface area contributed by atoms with Gasteiger partial charge in [-0.25, -0.2) is 13.8 Å². The molecule has 5 nitrogen and oxygen atoms in total. The van der Waals surface area contributed by atoms with Gasteiger partial charge in [0.15, 0.2) is 5.13 Å². The van der Waals surface area contributed by atoms with Gasteiger partial charge in [0.2, 0.25) is 0 Å². The summed E-state index contributed by atoms with van der Waals surface area (Å²) in [5.41, 5.74) is 0.126. The normalized spacial score (nSPS) is 14.9. The number of halogens is 2. The van der Waals surface area contributed by atoms with Gasteiger partial charge in [0.1, 0.15) is 17.3 Å². The molecule has 1 aliphatic heterocycles. The molecule has 0 unspecified atom stereocenters. The Morgan fingerprint density at radius 1 is 1.04 bits per heavy atom. The lowest BCUT2D eigenvalue weighted by atomic mass is 10.2. The fourth-order valence-corrected chi connectivity index (χ4v) is 3.40. The number of nitrogens with one attached hydrogen (secondary N) is 1. The van der Waals surface area contributed by atoms with E-state index in [9.17, 15) is 18.4 Å². The Balaban J connectivity index is 1.68. The summed E-state index contributed by atoms with van der Waals surface area (Å²) in [4.78, 5) is 30.4. The highest BCUT2D eigenvalue weighted by Crippen LogP contribution is 2.20. The number of amides is 2. The molecule has 0 radical (unpaired) electrons. The van der Waals surface area contributed by atoms with Gasteiger partial charge in [0.25, 0.3) is 11.8 Å². The van der Waals surface area contributed by atoms with Crippen LogP contribution in [0.5, 0.6) is 0 Å². The van der Waals surface area contributed by atoms with Gasteiger partial charge >= 0.3 is 0 Å². The third-order valence-electron chi connectivity index (χ3n) is 3.96. The Morgan fingerprint density at radius 2 is 1.68 bits per heavy atom. The van der Waals surface area contributed by atoms with E-state index >= 15 is 0 Å². The van der Waals surface area contributed by atoms with Crippen LogP contribution in [-0.2, 0) is 0 Å². The highest BCUT2D eigenvalue weighted by Gasteiger charge is 2.20. The second-order valence-electron chi connectivity index (χ2n) is 5.86. The number of likely N-dealkylation sites (tertiary alicyclic amines) is 1. The lowest BCUT2D eigenvalue weighted by Crippen LogP contribution is -2.32. The van der Waals surface area contributed by atoms with Crippen molar-refractivity contribution in [1.29, 1.82) is 0 Å². The van der Waals surface area contributed by atoms with E-state index in [0.717, 1.165) is 49.2 Å². The Bertz CT molecular complexity index is 766. The maximum absolute atomic E-state index is 13.2. The number of carbonyl (C=O) groups is 2. The fourth-order valence-electron chi connectivity index (χ4n) is 2.72. The molecule has 8 heteroatoms. The smallest absolute Gasteiger partial charge is 0.273 e. The van der Waals surface area contributed by atoms with E-state index in [1.807, 2.05) is 0 Å². The van der Waals surface area contributed by atoms with Crippen molar-refractivity contribution in [1.82, 2.24) is 9.88 Å². The van der Waals surface area contributed by atoms with Crippen molar-refractivity contribution in [2.45, 2.75) is 25.7 Å². The van der Waals surface area contributed by atoms with Crippen molar-refractivity contribution in [2.75, 3.05) is 18.4 Å². The largest absolute Gasteiger partial charge is 0.337 e. The van der Waals surface area contributed by atoms with Gasteiger partial charge in [0.05, 0.1) is 0 Å². The zero-order valence-corrected chi connectivity index (χ0v) is 14.2. The van der Waals surface area contributed by atoms with Crippen molar-refractivity contribution < 1.29 is 18.4 Å². The van der Waals surface area contributed by atoms with Gasteiger partial charge in [-0.2, -0.15) is 0 Å². The lowest BCUT2D eigenvalue weighted by Gasteiger charge is -2.18. The molecule has 1 N–H and O–H groups in total. The van der Waals surface area contributed by atoms with Gasteiger partial charge in [0, 0.05) is 30.1 Å². The predicted molar refractivity (Wildman–Crippen MR) is 90.8 cm³/mol. The molecule has 1 fully saturated rings. The summed E-state index contributed by atoms with van der Waals surface area (Å²) in [6, 6.07) is 2.57. The molecule has 1 saturated heterocycles. The first-order chi connectivity index (χ1) is 12.0. The summed E-state index contributed by atoms with van der Waals surface area (Å²) < 4.78 is 26.4. The number of thiazole rings is 1. The minimum absolute atomic E-state index is 0.145. The van der Waals surface area contributed by atoms with E-state index in [4.69, 9.17) is 0 Å². The van der Waals surface area contributed by atoms with Crippen LogP contribution in [0.15, 0.2) is 23.6 Å². The van der Waals surface area contributed by atoms with Crippen LogP contribution in [-0.4, -0.2) is 34.8 Å². The van der Waals surface area contributed by atoms with Crippen molar-refractivity contribution in [3.8, 4) is 0 Å². The molecule has 0 spiro atoms. The number of benzene rings is 1. The summed E-state index contributed by atoms with van der Waals surface area (Å²) in [5.74, 6) is -2.50. The SMILES string of the molecule is O=C(Nc1nc(C(=O)N2CCCCCC2)cs1)c1cc(F)cc(F)c1. The number of hydrogen-bond donors (Lipinski definition) is 1. The molecule has 0 aliphatic carbocycles. The van der Waals surface area contributed by atoms with Crippen molar-refractivity contribution >= 4 is 28.3 Å². The Kier molecular flexibility index (Phi) is 5.37. The standard InChI is InChI=1S/C17H17F2N3O2S/c18-12-7-11(8-13(19)9-12)15(23)21-17-20-14(10-25-17)16(24)22-5-3-1-2-4-6-22/h7-10H,1-6H2,(H,20,21,23). The van der Waals surface area contributed by atoms with Crippen LogP contribution in [0.4, 0.5) is 13.9 Å². The Hall–Kier alpha value is -2.35. The van der Waals surface area contributed by atoms with E-state index in [1.165, 1.54) is 0 Å². The molecule has 3 rings (SSSR count). The number of aromatic nitrogens is 1. The maximum atomic E-state index is 13.2. The van der Waals surface area contributed by atoms with Gasteiger partial charge < -0.3 is 4.90 Å².